The molecule has 0 radical (unpaired) electrons. The van der Waals surface area contributed by atoms with Crippen molar-refractivity contribution in [2.24, 2.45) is 0 Å². The van der Waals surface area contributed by atoms with Crippen molar-refractivity contribution in [2.45, 2.75) is 17.6 Å². The van der Waals surface area contributed by atoms with Gasteiger partial charge in [0, 0.05) is 10.6 Å². The Kier molecular flexibility index (Phi) is 6.66. The van der Waals surface area contributed by atoms with Crippen molar-refractivity contribution in [3.63, 3.8) is 0 Å². The van der Waals surface area contributed by atoms with Gasteiger partial charge >= 0.3 is 18.2 Å². The minimum atomic E-state index is -4.40. The SMILES string of the molecule is O=C(OCCSc1cccc(C(F)(F)F)c1)c1ccc(CN2C(=O)CNC2=O)cc1. The second kappa shape index (κ2) is 9.21. The summed E-state index contributed by atoms with van der Waals surface area (Å²) in [6.07, 6.45) is -4.40. The number of rotatable bonds is 7. The number of benzene rings is 2. The number of esters is 1. The van der Waals surface area contributed by atoms with Crippen LogP contribution < -0.4 is 5.32 Å². The third-order valence-corrected chi connectivity index (χ3v) is 5.17. The minimum absolute atomic E-state index is 0.0260. The van der Waals surface area contributed by atoms with Gasteiger partial charge < -0.3 is 10.1 Å². The van der Waals surface area contributed by atoms with Crippen LogP contribution in [0.15, 0.2) is 53.4 Å². The molecule has 1 N–H and O–H groups in total. The van der Waals surface area contributed by atoms with Crippen molar-refractivity contribution in [3.8, 4) is 0 Å². The number of thioether (sulfide) groups is 1. The molecule has 2 aromatic carbocycles. The van der Waals surface area contributed by atoms with Crippen LogP contribution >= 0.6 is 11.8 Å². The maximum atomic E-state index is 12.7. The lowest BCUT2D eigenvalue weighted by atomic mass is 10.1. The fourth-order valence-corrected chi connectivity index (χ4v) is 3.47. The van der Waals surface area contributed by atoms with Gasteiger partial charge in [-0.05, 0) is 35.9 Å². The third kappa shape index (κ3) is 5.53. The summed E-state index contributed by atoms with van der Waals surface area (Å²) in [5.41, 5.74) is 0.245. The van der Waals surface area contributed by atoms with Gasteiger partial charge in [0.1, 0.15) is 6.61 Å². The van der Waals surface area contributed by atoms with Crippen molar-refractivity contribution in [1.29, 1.82) is 0 Å². The molecule has 1 aliphatic rings. The lowest BCUT2D eigenvalue weighted by Gasteiger charge is -2.12. The summed E-state index contributed by atoms with van der Waals surface area (Å²) < 4.78 is 43.3. The normalized spacial score (nSPS) is 14.0. The quantitative estimate of drug-likeness (QED) is 0.309. The molecule has 0 aromatic heterocycles. The average Bonchev–Trinajstić information content (AvgIpc) is 3.03. The molecule has 1 heterocycles. The zero-order chi connectivity index (χ0) is 21.7. The molecule has 30 heavy (non-hydrogen) atoms. The van der Waals surface area contributed by atoms with Crippen LogP contribution in [-0.2, 0) is 22.3 Å². The highest BCUT2D eigenvalue weighted by atomic mass is 32.2. The van der Waals surface area contributed by atoms with E-state index in [1.54, 1.807) is 18.2 Å². The van der Waals surface area contributed by atoms with Gasteiger partial charge in [0.2, 0.25) is 5.91 Å². The lowest BCUT2D eigenvalue weighted by molar-refractivity contribution is -0.137. The Bertz CT molecular complexity index is 932. The number of hydrogen-bond donors (Lipinski definition) is 1. The summed E-state index contributed by atoms with van der Waals surface area (Å²) in [6, 6.07) is 10.8. The van der Waals surface area contributed by atoms with Crippen molar-refractivity contribution in [1.82, 2.24) is 10.2 Å². The summed E-state index contributed by atoms with van der Waals surface area (Å²) in [4.78, 5) is 36.7. The van der Waals surface area contributed by atoms with Crippen LogP contribution in [0.3, 0.4) is 0 Å². The molecule has 3 rings (SSSR count). The number of hydrogen-bond acceptors (Lipinski definition) is 5. The monoisotopic (exact) mass is 438 g/mol. The molecular formula is C20H17F3N2O4S. The molecular weight excluding hydrogens is 421 g/mol. The van der Waals surface area contributed by atoms with E-state index in [1.807, 2.05) is 0 Å². The summed E-state index contributed by atoms with van der Waals surface area (Å²) in [6.45, 7) is 0.110. The molecule has 6 nitrogen and oxygen atoms in total. The predicted molar refractivity (Wildman–Crippen MR) is 103 cm³/mol. The number of halogens is 3. The van der Waals surface area contributed by atoms with E-state index in [1.165, 1.54) is 18.2 Å². The number of carbonyl (C=O) groups is 3. The van der Waals surface area contributed by atoms with Gasteiger partial charge in [-0.1, -0.05) is 18.2 Å². The maximum Gasteiger partial charge on any atom is 0.416 e. The van der Waals surface area contributed by atoms with Crippen LogP contribution in [-0.4, -0.2) is 41.7 Å². The molecule has 1 aliphatic heterocycles. The molecule has 0 spiro atoms. The van der Waals surface area contributed by atoms with Crippen LogP contribution in [0.1, 0.15) is 21.5 Å². The smallest absolute Gasteiger partial charge is 0.416 e. The number of nitrogens with one attached hydrogen (secondary N) is 1. The Morgan fingerprint density at radius 3 is 2.50 bits per heavy atom. The highest BCUT2D eigenvalue weighted by molar-refractivity contribution is 7.99. The van der Waals surface area contributed by atoms with E-state index in [0.29, 0.717) is 21.8 Å². The molecule has 0 unspecified atom stereocenters. The van der Waals surface area contributed by atoms with Gasteiger partial charge in [-0.15, -0.1) is 11.8 Å². The first kappa shape index (κ1) is 21.7. The molecule has 10 heteroatoms. The molecule has 1 saturated heterocycles. The number of imide groups is 1. The largest absolute Gasteiger partial charge is 0.461 e. The summed E-state index contributed by atoms with van der Waals surface area (Å²) in [5.74, 6) is -0.583. The third-order valence-electron chi connectivity index (χ3n) is 4.21. The second-order valence-corrected chi connectivity index (χ2v) is 7.51. The second-order valence-electron chi connectivity index (χ2n) is 6.35. The van der Waals surface area contributed by atoms with Crippen molar-refractivity contribution >= 4 is 29.7 Å². The Morgan fingerprint density at radius 2 is 1.87 bits per heavy atom. The fourth-order valence-electron chi connectivity index (χ4n) is 2.68. The topological polar surface area (TPSA) is 75.7 Å². The zero-order valence-electron chi connectivity index (χ0n) is 15.6. The predicted octanol–water partition coefficient (Wildman–Crippen LogP) is 3.71. The van der Waals surface area contributed by atoms with E-state index in [2.05, 4.69) is 5.32 Å². The first-order valence-electron chi connectivity index (χ1n) is 8.88. The molecule has 0 aliphatic carbocycles. The summed E-state index contributed by atoms with van der Waals surface area (Å²) in [5, 5.41) is 2.43. The number of carbonyl (C=O) groups excluding carboxylic acids is 3. The van der Waals surface area contributed by atoms with Crippen molar-refractivity contribution in [3.05, 3.63) is 65.2 Å². The van der Waals surface area contributed by atoms with E-state index in [4.69, 9.17) is 4.74 Å². The van der Waals surface area contributed by atoms with Gasteiger partial charge in [0.15, 0.2) is 0 Å². The van der Waals surface area contributed by atoms with E-state index >= 15 is 0 Å². The van der Waals surface area contributed by atoms with E-state index in [9.17, 15) is 27.6 Å². The fraction of sp³-hybridized carbons (Fsp3) is 0.250. The van der Waals surface area contributed by atoms with Gasteiger partial charge in [-0.3, -0.25) is 9.69 Å². The first-order chi connectivity index (χ1) is 14.2. The van der Waals surface area contributed by atoms with Crippen LogP contribution in [0.2, 0.25) is 0 Å². The van der Waals surface area contributed by atoms with Gasteiger partial charge in [0.05, 0.1) is 24.2 Å². The van der Waals surface area contributed by atoms with Crippen molar-refractivity contribution < 1.29 is 32.3 Å². The number of alkyl halides is 3. The van der Waals surface area contributed by atoms with Crippen LogP contribution in [0, 0.1) is 0 Å². The molecule has 0 bridgehead atoms. The number of urea groups is 1. The molecule has 0 atom stereocenters. The van der Waals surface area contributed by atoms with E-state index in [-0.39, 0.29) is 25.6 Å². The van der Waals surface area contributed by atoms with Gasteiger partial charge in [0.25, 0.3) is 0 Å². The standard InChI is InChI=1S/C20H17F3N2O4S/c21-20(22,23)15-2-1-3-16(10-15)30-9-8-29-18(27)14-6-4-13(5-7-14)12-25-17(26)11-24-19(25)28/h1-7,10H,8-9,11-12H2,(H,24,28). The molecule has 0 saturated carbocycles. The lowest BCUT2D eigenvalue weighted by Crippen LogP contribution is -2.30. The van der Waals surface area contributed by atoms with Crippen LogP contribution in [0.5, 0.6) is 0 Å². The molecule has 2 aromatic rings. The Hall–Kier alpha value is -3.01. The Labute approximate surface area is 174 Å². The van der Waals surface area contributed by atoms with Gasteiger partial charge in [-0.2, -0.15) is 13.2 Å². The molecule has 1 fully saturated rings. The average molecular weight is 438 g/mol. The maximum absolute atomic E-state index is 12.7. The molecule has 158 valence electrons. The zero-order valence-corrected chi connectivity index (χ0v) is 16.4. The van der Waals surface area contributed by atoms with E-state index < -0.39 is 23.7 Å². The summed E-state index contributed by atoms with van der Waals surface area (Å²) in [7, 11) is 0. The minimum Gasteiger partial charge on any atom is -0.461 e. The molecule has 3 amide bonds. The van der Waals surface area contributed by atoms with Crippen LogP contribution in [0.4, 0.5) is 18.0 Å². The number of nitrogens with zero attached hydrogens (tertiary/aromatic N) is 1. The highest BCUT2D eigenvalue weighted by Crippen LogP contribution is 2.31. The number of amides is 3. The number of ether oxygens (including phenoxy) is 1. The van der Waals surface area contributed by atoms with Crippen LogP contribution in [0.25, 0.3) is 0 Å². The van der Waals surface area contributed by atoms with E-state index in [0.717, 1.165) is 28.8 Å². The van der Waals surface area contributed by atoms with Crippen molar-refractivity contribution in [2.75, 3.05) is 18.9 Å². The van der Waals surface area contributed by atoms with Gasteiger partial charge in [-0.25, -0.2) is 9.59 Å². The highest BCUT2D eigenvalue weighted by Gasteiger charge is 2.30. The Balaban J connectivity index is 1.46. The Morgan fingerprint density at radius 1 is 1.13 bits per heavy atom. The first-order valence-corrected chi connectivity index (χ1v) is 9.87. The summed E-state index contributed by atoms with van der Waals surface area (Å²) >= 11 is 1.16.